The van der Waals surface area contributed by atoms with Gasteiger partial charge in [0.2, 0.25) is 6.41 Å². The SMILES string of the molecule is CC(C)Oc1nn(C(O)(O)O)cc1NC=O. The number of hydrogen-bond acceptors (Lipinski definition) is 6. The van der Waals surface area contributed by atoms with E-state index in [-0.39, 0.29) is 17.7 Å². The van der Waals surface area contributed by atoms with Crippen LogP contribution >= 0.6 is 0 Å². The van der Waals surface area contributed by atoms with Crippen LogP contribution in [0.4, 0.5) is 5.69 Å². The molecule has 1 aromatic heterocycles. The fourth-order valence-electron chi connectivity index (χ4n) is 0.985. The van der Waals surface area contributed by atoms with Crippen LogP contribution in [0.5, 0.6) is 5.88 Å². The Hall–Kier alpha value is -1.64. The molecule has 1 rings (SSSR count). The first-order valence-electron chi connectivity index (χ1n) is 4.48. The van der Waals surface area contributed by atoms with E-state index >= 15 is 0 Å². The maximum Gasteiger partial charge on any atom is 0.389 e. The van der Waals surface area contributed by atoms with Gasteiger partial charge in [-0.25, -0.2) is 0 Å². The molecule has 8 nitrogen and oxygen atoms in total. The van der Waals surface area contributed by atoms with Gasteiger partial charge in [0, 0.05) is 0 Å². The van der Waals surface area contributed by atoms with Gasteiger partial charge in [0.1, 0.15) is 5.69 Å². The lowest BCUT2D eigenvalue weighted by Crippen LogP contribution is -2.32. The number of aliphatic hydroxyl groups is 3. The summed E-state index contributed by atoms with van der Waals surface area (Å²) in [6.07, 6.45) is -1.96. The number of nitrogens with one attached hydrogen (secondary N) is 1. The van der Waals surface area contributed by atoms with Gasteiger partial charge in [-0.05, 0) is 13.8 Å². The van der Waals surface area contributed by atoms with Crippen molar-refractivity contribution in [3.05, 3.63) is 6.20 Å². The van der Waals surface area contributed by atoms with E-state index in [1.807, 2.05) is 0 Å². The zero-order valence-corrected chi connectivity index (χ0v) is 8.78. The topological polar surface area (TPSA) is 117 Å². The minimum absolute atomic E-state index is 0.0244. The van der Waals surface area contributed by atoms with Gasteiger partial charge >= 0.3 is 6.10 Å². The molecule has 0 saturated carbocycles. The van der Waals surface area contributed by atoms with Crippen LogP contribution in [0.1, 0.15) is 13.8 Å². The predicted molar refractivity (Wildman–Crippen MR) is 52.3 cm³/mol. The lowest BCUT2D eigenvalue weighted by molar-refractivity contribution is -0.381. The van der Waals surface area contributed by atoms with Crippen molar-refractivity contribution in [3.63, 3.8) is 0 Å². The van der Waals surface area contributed by atoms with E-state index < -0.39 is 6.10 Å². The largest absolute Gasteiger partial charge is 0.472 e. The molecule has 0 atom stereocenters. The van der Waals surface area contributed by atoms with Crippen molar-refractivity contribution in [1.82, 2.24) is 9.78 Å². The molecule has 1 amide bonds. The molecule has 0 aliphatic rings. The quantitative estimate of drug-likeness (QED) is 0.373. The van der Waals surface area contributed by atoms with Crippen molar-refractivity contribution >= 4 is 12.1 Å². The number of anilines is 1. The molecule has 16 heavy (non-hydrogen) atoms. The standard InChI is InChI=1S/C8H13N3O5/c1-5(2)16-7-6(9-4-12)3-11(10-7)8(13,14)15/h3-5,13-15H,1-2H3,(H,9,12). The summed E-state index contributed by atoms with van der Waals surface area (Å²) in [5.41, 5.74) is 0.116. The summed E-state index contributed by atoms with van der Waals surface area (Å²) in [6.45, 7) is 3.46. The molecule has 8 heteroatoms. The summed E-state index contributed by atoms with van der Waals surface area (Å²) < 4.78 is 5.63. The van der Waals surface area contributed by atoms with Gasteiger partial charge in [-0.1, -0.05) is 0 Å². The van der Waals surface area contributed by atoms with Crippen molar-refractivity contribution < 1.29 is 24.9 Å². The highest BCUT2D eigenvalue weighted by molar-refractivity contribution is 5.73. The number of carbonyl (C=O) groups is 1. The highest BCUT2D eigenvalue weighted by Crippen LogP contribution is 2.24. The van der Waals surface area contributed by atoms with Crippen LogP contribution in [-0.4, -0.2) is 37.6 Å². The molecule has 0 radical (unpaired) electrons. The Morgan fingerprint density at radius 3 is 2.62 bits per heavy atom. The number of carbonyl (C=O) groups excluding carboxylic acids is 1. The van der Waals surface area contributed by atoms with Crippen molar-refractivity contribution in [3.8, 4) is 5.88 Å². The summed E-state index contributed by atoms with van der Waals surface area (Å²) in [5, 5.41) is 32.4. The smallest absolute Gasteiger partial charge is 0.389 e. The van der Waals surface area contributed by atoms with Gasteiger partial charge in [0.05, 0.1) is 12.3 Å². The van der Waals surface area contributed by atoms with Crippen LogP contribution < -0.4 is 10.1 Å². The Morgan fingerprint density at radius 2 is 2.19 bits per heavy atom. The molecule has 0 spiro atoms. The Bertz CT molecular complexity index is 368. The van der Waals surface area contributed by atoms with Crippen molar-refractivity contribution in [2.75, 3.05) is 5.32 Å². The van der Waals surface area contributed by atoms with E-state index in [9.17, 15) is 4.79 Å². The van der Waals surface area contributed by atoms with Gasteiger partial charge in [-0.15, -0.1) is 5.10 Å². The van der Waals surface area contributed by atoms with Crippen molar-refractivity contribution in [2.45, 2.75) is 26.0 Å². The second-order valence-corrected chi connectivity index (χ2v) is 3.32. The summed E-state index contributed by atoms with van der Waals surface area (Å²) in [5.74, 6) is -0.0244. The number of nitrogens with zero attached hydrogens (tertiary/aromatic N) is 2. The first-order valence-corrected chi connectivity index (χ1v) is 4.48. The molecule has 90 valence electrons. The third-order valence-electron chi connectivity index (χ3n) is 1.55. The van der Waals surface area contributed by atoms with Crippen LogP contribution in [0.3, 0.4) is 0 Å². The van der Waals surface area contributed by atoms with Gasteiger partial charge in [-0.3, -0.25) is 4.79 Å². The maximum atomic E-state index is 10.3. The van der Waals surface area contributed by atoms with Crippen LogP contribution in [0.2, 0.25) is 0 Å². The zero-order valence-electron chi connectivity index (χ0n) is 8.78. The molecule has 0 aliphatic carbocycles. The predicted octanol–water partition coefficient (Wildman–Crippen LogP) is -1.22. The molecule has 0 bridgehead atoms. The van der Waals surface area contributed by atoms with Crippen LogP contribution in [0, 0.1) is 0 Å². The third kappa shape index (κ3) is 2.92. The third-order valence-corrected chi connectivity index (χ3v) is 1.55. The number of hydrogen-bond donors (Lipinski definition) is 4. The Kier molecular flexibility index (Phi) is 3.48. The van der Waals surface area contributed by atoms with E-state index in [4.69, 9.17) is 20.1 Å². The fraction of sp³-hybridized carbons (Fsp3) is 0.500. The minimum atomic E-state index is -3.14. The highest BCUT2D eigenvalue weighted by atomic mass is 16.7. The van der Waals surface area contributed by atoms with Crippen molar-refractivity contribution in [2.24, 2.45) is 0 Å². The molecule has 0 unspecified atom stereocenters. The first kappa shape index (κ1) is 12.4. The Balaban J connectivity index is 3.04. The minimum Gasteiger partial charge on any atom is -0.472 e. The lowest BCUT2D eigenvalue weighted by atomic mass is 10.4. The molecule has 4 N–H and O–H groups in total. The molecule has 0 saturated heterocycles. The fourth-order valence-corrected chi connectivity index (χ4v) is 0.985. The van der Waals surface area contributed by atoms with E-state index in [1.165, 1.54) is 0 Å². The van der Waals surface area contributed by atoms with E-state index in [0.717, 1.165) is 6.20 Å². The Labute approximate surface area is 91.1 Å². The van der Waals surface area contributed by atoms with Crippen LogP contribution in [0.15, 0.2) is 6.20 Å². The summed E-state index contributed by atoms with van der Waals surface area (Å²) in [4.78, 5) is 10.3. The number of aromatic nitrogens is 2. The van der Waals surface area contributed by atoms with Gasteiger partial charge in [0.15, 0.2) is 0 Å². The number of amides is 1. The molecule has 1 aromatic rings. The molecule has 0 aliphatic heterocycles. The van der Waals surface area contributed by atoms with Gasteiger partial charge in [0.25, 0.3) is 5.88 Å². The average Bonchev–Trinajstić information content (AvgIpc) is 2.47. The van der Waals surface area contributed by atoms with E-state index in [0.29, 0.717) is 11.1 Å². The molecular weight excluding hydrogens is 218 g/mol. The molecule has 0 aromatic carbocycles. The second-order valence-electron chi connectivity index (χ2n) is 3.32. The molecular formula is C8H13N3O5. The van der Waals surface area contributed by atoms with Gasteiger partial charge < -0.3 is 25.4 Å². The summed E-state index contributed by atoms with van der Waals surface area (Å²) in [7, 11) is 0. The normalized spacial score (nSPS) is 11.6. The second kappa shape index (κ2) is 4.47. The van der Waals surface area contributed by atoms with Crippen molar-refractivity contribution in [1.29, 1.82) is 0 Å². The molecule has 0 fully saturated rings. The average molecular weight is 231 g/mol. The number of rotatable bonds is 5. The zero-order chi connectivity index (χ0) is 12.3. The van der Waals surface area contributed by atoms with E-state index in [2.05, 4.69) is 10.4 Å². The first-order chi connectivity index (χ1) is 7.34. The lowest BCUT2D eigenvalue weighted by Gasteiger charge is -2.12. The maximum absolute atomic E-state index is 10.3. The molecule has 1 heterocycles. The monoisotopic (exact) mass is 231 g/mol. The summed E-state index contributed by atoms with van der Waals surface area (Å²) in [6, 6.07) is 0. The number of ether oxygens (including phenoxy) is 1. The van der Waals surface area contributed by atoms with Gasteiger partial charge in [-0.2, -0.15) is 4.68 Å². The Morgan fingerprint density at radius 1 is 1.56 bits per heavy atom. The van der Waals surface area contributed by atoms with E-state index in [1.54, 1.807) is 13.8 Å². The highest BCUT2D eigenvalue weighted by Gasteiger charge is 2.25. The summed E-state index contributed by atoms with van der Waals surface area (Å²) >= 11 is 0. The van der Waals surface area contributed by atoms with Crippen LogP contribution in [-0.2, 0) is 10.9 Å². The van der Waals surface area contributed by atoms with Crippen LogP contribution in [0.25, 0.3) is 0 Å².